The highest BCUT2D eigenvalue weighted by Gasteiger charge is 2.42. The number of aromatic nitrogens is 1. The molecule has 0 radical (unpaired) electrons. The van der Waals surface area contributed by atoms with Crippen molar-refractivity contribution in [1.82, 2.24) is 15.2 Å². The van der Waals surface area contributed by atoms with Crippen LogP contribution in [0.4, 0.5) is 0 Å². The van der Waals surface area contributed by atoms with Crippen LogP contribution in [0.5, 0.6) is 11.5 Å². The number of ether oxygens (including phenoxy) is 3. The van der Waals surface area contributed by atoms with Gasteiger partial charge in [-0.25, -0.2) is 9.79 Å². The van der Waals surface area contributed by atoms with Gasteiger partial charge in [0.15, 0.2) is 5.17 Å². The predicted octanol–water partition coefficient (Wildman–Crippen LogP) is 3.94. The Bertz CT molecular complexity index is 1240. The van der Waals surface area contributed by atoms with Crippen LogP contribution in [0.2, 0.25) is 0 Å². The van der Waals surface area contributed by atoms with Crippen LogP contribution in [-0.4, -0.2) is 48.3 Å². The summed E-state index contributed by atoms with van der Waals surface area (Å²) in [7, 11) is 4.50. The second kappa shape index (κ2) is 11.3. The summed E-state index contributed by atoms with van der Waals surface area (Å²) in [4.78, 5) is 36.7. The Labute approximate surface area is 214 Å². The van der Waals surface area contributed by atoms with Crippen LogP contribution in [0.3, 0.4) is 0 Å². The summed E-state index contributed by atoms with van der Waals surface area (Å²) < 4.78 is 16.2. The van der Waals surface area contributed by atoms with Crippen LogP contribution >= 0.6 is 11.8 Å². The molecule has 4 rings (SSSR count). The SMILES string of the molecule is CCC1=C(C(=O)OC)C(c2ccc(OC)cc2OC)N2C(CC(=O)NCc3cccnc3)=CSC2=N1. The molecule has 1 atom stereocenters. The molecule has 0 aliphatic carbocycles. The van der Waals surface area contributed by atoms with Crippen molar-refractivity contribution >= 4 is 28.8 Å². The first-order valence-electron chi connectivity index (χ1n) is 11.4. The predicted molar refractivity (Wildman–Crippen MR) is 137 cm³/mol. The lowest BCUT2D eigenvalue weighted by atomic mass is 9.92. The van der Waals surface area contributed by atoms with Gasteiger partial charge in [-0.1, -0.05) is 24.8 Å². The van der Waals surface area contributed by atoms with E-state index in [2.05, 4.69) is 10.3 Å². The third kappa shape index (κ3) is 5.08. The molecule has 188 valence electrons. The molecule has 2 aromatic rings. The molecule has 0 spiro atoms. The molecule has 9 nitrogen and oxygen atoms in total. The van der Waals surface area contributed by atoms with Gasteiger partial charge in [0.25, 0.3) is 0 Å². The van der Waals surface area contributed by atoms with Crippen LogP contribution in [0, 0.1) is 0 Å². The van der Waals surface area contributed by atoms with Crippen molar-refractivity contribution in [2.75, 3.05) is 21.3 Å². The molecule has 1 amide bonds. The Balaban J connectivity index is 1.70. The van der Waals surface area contributed by atoms with Crippen LogP contribution in [0.1, 0.15) is 36.9 Å². The topological polar surface area (TPSA) is 102 Å². The number of carbonyl (C=O) groups is 2. The number of esters is 1. The molecule has 1 unspecified atom stereocenters. The lowest BCUT2D eigenvalue weighted by Crippen LogP contribution is -2.38. The van der Waals surface area contributed by atoms with Crippen LogP contribution < -0.4 is 14.8 Å². The van der Waals surface area contributed by atoms with Gasteiger partial charge in [0.05, 0.1) is 45.1 Å². The molecule has 36 heavy (non-hydrogen) atoms. The van der Waals surface area contributed by atoms with E-state index in [1.54, 1.807) is 32.7 Å². The molecule has 2 aliphatic heterocycles. The minimum Gasteiger partial charge on any atom is -0.497 e. The number of nitrogens with one attached hydrogen (secondary N) is 1. The quantitative estimate of drug-likeness (QED) is 0.508. The molecular weight excluding hydrogens is 480 g/mol. The zero-order chi connectivity index (χ0) is 25.7. The Morgan fingerprint density at radius 3 is 2.67 bits per heavy atom. The fourth-order valence-corrected chi connectivity index (χ4v) is 5.12. The number of aliphatic imine (C=N–C) groups is 1. The van der Waals surface area contributed by atoms with Crippen LogP contribution in [0.25, 0.3) is 0 Å². The number of pyridine rings is 1. The zero-order valence-electron chi connectivity index (χ0n) is 20.6. The maximum absolute atomic E-state index is 13.1. The Kier molecular flexibility index (Phi) is 7.94. The number of fused-ring (bicyclic) bond motifs is 1. The van der Waals surface area contributed by atoms with Gasteiger partial charge in [-0.15, -0.1) is 0 Å². The normalized spacial score (nSPS) is 16.7. The molecule has 0 bridgehead atoms. The van der Waals surface area contributed by atoms with Gasteiger partial charge in [0, 0.05) is 36.3 Å². The number of carbonyl (C=O) groups excluding carboxylic acids is 2. The zero-order valence-corrected chi connectivity index (χ0v) is 21.4. The van der Waals surface area contributed by atoms with E-state index >= 15 is 0 Å². The maximum atomic E-state index is 13.1. The van der Waals surface area contributed by atoms with Crippen molar-refractivity contribution in [2.24, 2.45) is 4.99 Å². The number of allylic oxidation sites excluding steroid dienone is 1. The van der Waals surface area contributed by atoms with Crippen molar-refractivity contribution < 1.29 is 23.8 Å². The molecular formula is C26H28N4O5S. The summed E-state index contributed by atoms with van der Waals surface area (Å²) in [6.45, 7) is 2.32. The highest BCUT2D eigenvalue weighted by atomic mass is 32.2. The minimum atomic E-state index is -0.590. The number of amidine groups is 1. The number of amides is 1. The summed E-state index contributed by atoms with van der Waals surface area (Å²) in [5.74, 6) is 0.544. The van der Waals surface area contributed by atoms with E-state index in [-0.39, 0.29) is 12.3 Å². The second-order valence-electron chi connectivity index (χ2n) is 8.02. The third-order valence-corrected chi connectivity index (χ3v) is 6.81. The smallest absolute Gasteiger partial charge is 0.338 e. The second-order valence-corrected chi connectivity index (χ2v) is 8.86. The van der Waals surface area contributed by atoms with E-state index in [1.165, 1.54) is 18.9 Å². The van der Waals surface area contributed by atoms with E-state index < -0.39 is 12.0 Å². The fourth-order valence-electron chi connectivity index (χ4n) is 4.18. The average Bonchev–Trinajstić information content (AvgIpc) is 3.32. The van der Waals surface area contributed by atoms with Crippen molar-refractivity contribution in [3.8, 4) is 11.5 Å². The number of rotatable bonds is 9. The largest absolute Gasteiger partial charge is 0.497 e. The van der Waals surface area contributed by atoms with Gasteiger partial charge in [-0.05, 0) is 35.6 Å². The summed E-state index contributed by atoms with van der Waals surface area (Å²) in [5.41, 5.74) is 3.42. The Hall–Kier alpha value is -3.79. The van der Waals surface area contributed by atoms with Gasteiger partial charge >= 0.3 is 5.97 Å². The Morgan fingerprint density at radius 2 is 2.00 bits per heavy atom. The highest BCUT2D eigenvalue weighted by molar-refractivity contribution is 8.16. The van der Waals surface area contributed by atoms with Crippen molar-refractivity contribution in [3.05, 3.63) is 76.2 Å². The van der Waals surface area contributed by atoms with Gasteiger partial charge in [0.2, 0.25) is 5.91 Å². The first kappa shape index (κ1) is 25.3. The molecule has 0 saturated heterocycles. The van der Waals surface area contributed by atoms with Gasteiger partial charge in [0.1, 0.15) is 11.5 Å². The molecule has 2 aliphatic rings. The maximum Gasteiger partial charge on any atom is 0.338 e. The minimum absolute atomic E-state index is 0.108. The van der Waals surface area contributed by atoms with Gasteiger partial charge < -0.3 is 24.4 Å². The van der Waals surface area contributed by atoms with Gasteiger partial charge in [-0.2, -0.15) is 0 Å². The number of methoxy groups -OCH3 is 3. The van der Waals surface area contributed by atoms with Crippen LogP contribution in [-0.2, 0) is 20.9 Å². The first-order valence-corrected chi connectivity index (χ1v) is 12.3. The van der Waals surface area contributed by atoms with E-state index in [1.807, 2.05) is 41.5 Å². The van der Waals surface area contributed by atoms with Crippen LogP contribution in [0.15, 0.2) is 70.1 Å². The Morgan fingerprint density at radius 1 is 1.17 bits per heavy atom. The molecule has 1 aromatic carbocycles. The van der Waals surface area contributed by atoms with E-state index in [9.17, 15) is 9.59 Å². The highest BCUT2D eigenvalue weighted by Crippen LogP contribution is 2.48. The summed E-state index contributed by atoms with van der Waals surface area (Å²) >= 11 is 1.42. The van der Waals surface area contributed by atoms with E-state index in [4.69, 9.17) is 19.2 Å². The molecule has 1 N–H and O–H groups in total. The lowest BCUT2D eigenvalue weighted by molar-refractivity contribution is -0.136. The molecule has 1 aromatic heterocycles. The number of nitrogens with zero attached hydrogens (tertiary/aromatic N) is 3. The van der Waals surface area contributed by atoms with E-state index in [0.29, 0.717) is 40.9 Å². The van der Waals surface area contributed by atoms with E-state index in [0.717, 1.165) is 16.8 Å². The average molecular weight is 509 g/mol. The number of benzene rings is 1. The first-order chi connectivity index (χ1) is 17.5. The number of hydrogen-bond acceptors (Lipinski definition) is 9. The number of thioether (sulfide) groups is 1. The monoisotopic (exact) mass is 508 g/mol. The van der Waals surface area contributed by atoms with Gasteiger partial charge in [-0.3, -0.25) is 9.78 Å². The number of hydrogen-bond donors (Lipinski definition) is 1. The van der Waals surface area contributed by atoms with Crippen molar-refractivity contribution in [2.45, 2.75) is 32.4 Å². The molecule has 3 heterocycles. The standard InChI is InChI=1S/C26H28N4O5S/c1-5-20-23(25(32)35-4)24(19-9-8-18(33-2)12-21(19)34-3)30-17(15-36-26(30)29-20)11-22(31)28-14-16-7-6-10-27-13-16/h6-10,12-13,15,24H,5,11,14H2,1-4H3,(H,28,31). The summed E-state index contributed by atoms with van der Waals surface area (Å²) in [6.07, 6.45) is 4.05. The summed E-state index contributed by atoms with van der Waals surface area (Å²) in [6, 6.07) is 8.59. The molecule has 0 saturated carbocycles. The summed E-state index contributed by atoms with van der Waals surface area (Å²) in [5, 5.41) is 5.53. The molecule has 0 fully saturated rings. The molecule has 10 heteroatoms. The van der Waals surface area contributed by atoms with Crippen molar-refractivity contribution in [3.63, 3.8) is 0 Å². The fraction of sp³-hybridized carbons (Fsp3) is 0.308. The van der Waals surface area contributed by atoms with Crippen molar-refractivity contribution in [1.29, 1.82) is 0 Å². The lowest BCUT2D eigenvalue weighted by Gasteiger charge is -2.37. The third-order valence-electron chi connectivity index (χ3n) is 5.92.